The smallest absolute Gasteiger partial charge is 0.185 e. The Hall–Kier alpha value is -2.20. The van der Waals surface area contributed by atoms with E-state index in [4.69, 9.17) is 9.47 Å². The van der Waals surface area contributed by atoms with Gasteiger partial charge in [0.2, 0.25) is 0 Å². The van der Waals surface area contributed by atoms with Crippen LogP contribution in [0.3, 0.4) is 0 Å². The predicted octanol–water partition coefficient (Wildman–Crippen LogP) is 12.1. The van der Waals surface area contributed by atoms with E-state index in [0.717, 1.165) is 22.8 Å². The number of ketones is 1. The average molecular weight is 595 g/mol. The number of carbonyl (C=O) groups excluding carboxylic acids is 1. The fourth-order valence-corrected chi connectivity index (χ4v) is 6.15. The summed E-state index contributed by atoms with van der Waals surface area (Å²) in [7, 11) is 0. The van der Waals surface area contributed by atoms with E-state index in [0.29, 0.717) is 18.8 Å². The van der Waals surface area contributed by atoms with Crippen molar-refractivity contribution in [3.05, 3.63) is 59.7 Å². The second-order valence-corrected chi connectivity index (χ2v) is 12.4. The molecule has 0 N–H and O–H groups in total. The van der Waals surface area contributed by atoms with Crippen molar-refractivity contribution >= 4 is 23.6 Å². The number of thioether (sulfide) groups is 1. The largest absolute Gasteiger partial charge is 0.493 e. The van der Waals surface area contributed by atoms with Gasteiger partial charge in [-0.2, -0.15) is 0 Å². The van der Waals surface area contributed by atoms with Crippen molar-refractivity contribution in [3.63, 3.8) is 0 Å². The first-order valence-electron chi connectivity index (χ1n) is 17.0. The van der Waals surface area contributed by atoms with Crippen molar-refractivity contribution in [2.45, 2.75) is 135 Å². The van der Waals surface area contributed by atoms with Gasteiger partial charge in [-0.3, -0.25) is 4.79 Å². The van der Waals surface area contributed by atoms with Crippen LogP contribution in [-0.2, 0) is 0 Å². The summed E-state index contributed by atoms with van der Waals surface area (Å²) in [6.45, 7) is 7.31. The summed E-state index contributed by atoms with van der Waals surface area (Å²) in [4.78, 5) is 14.1. The van der Waals surface area contributed by atoms with Crippen LogP contribution in [0.2, 0.25) is 0 Å². The topological polar surface area (TPSA) is 35.5 Å². The van der Waals surface area contributed by atoms with E-state index in [1.807, 2.05) is 55.9 Å². The number of benzene rings is 2. The number of carbonyl (C=O) groups is 1. The second kappa shape index (κ2) is 24.3. The molecule has 0 aliphatic heterocycles. The molecular formula is C38H58O3S. The minimum absolute atomic E-state index is 0.0199. The SMILES string of the molecule is CCCCCCCCCCCCCCCCCCCSc1ccc(C(=O)/C=C/c2c(OCC)cccc2OCC)cc1. The monoisotopic (exact) mass is 594 g/mol. The number of rotatable bonds is 26. The summed E-state index contributed by atoms with van der Waals surface area (Å²) in [5.74, 6) is 2.57. The molecule has 0 aromatic heterocycles. The molecule has 42 heavy (non-hydrogen) atoms. The summed E-state index contributed by atoms with van der Waals surface area (Å²) in [5, 5.41) is 0. The van der Waals surface area contributed by atoms with Crippen LogP contribution in [-0.4, -0.2) is 24.7 Å². The van der Waals surface area contributed by atoms with Crippen molar-refractivity contribution in [3.8, 4) is 11.5 Å². The number of hydrogen-bond acceptors (Lipinski definition) is 4. The number of ether oxygens (including phenoxy) is 2. The van der Waals surface area contributed by atoms with Crippen LogP contribution in [0.15, 0.2) is 53.4 Å². The highest BCUT2D eigenvalue weighted by Gasteiger charge is 2.09. The van der Waals surface area contributed by atoms with Crippen LogP contribution in [0.4, 0.5) is 0 Å². The maximum Gasteiger partial charge on any atom is 0.185 e. The lowest BCUT2D eigenvalue weighted by Gasteiger charge is -2.12. The highest BCUT2D eigenvalue weighted by Crippen LogP contribution is 2.30. The standard InChI is InChI=1S/C38H58O3S/c1-4-7-8-9-10-11-12-13-14-15-16-17-18-19-20-21-22-32-42-34-28-26-33(27-29-34)36(39)31-30-35-37(40-5-2)24-23-25-38(35)41-6-3/h23-31H,4-22,32H2,1-3H3/b31-30+. The molecule has 0 heterocycles. The van der Waals surface area contributed by atoms with Crippen molar-refractivity contribution in [2.24, 2.45) is 0 Å². The molecule has 0 bridgehead atoms. The van der Waals surface area contributed by atoms with E-state index in [1.165, 1.54) is 114 Å². The highest BCUT2D eigenvalue weighted by molar-refractivity contribution is 7.99. The first kappa shape index (κ1) is 36.0. The maximum absolute atomic E-state index is 12.8. The second-order valence-electron chi connectivity index (χ2n) is 11.3. The van der Waals surface area contributed by atoms with Gasteiger partial charge >= 0.3 is 0 Å². The fraction of sp³-hybridized carbons (Fsp3) is 0.605. The van der Waals surface area contributed by atoms with Gasteiger partial charge in [0, 0.05) is 10.5 Å². The van der Waals surface area contributed by atoms with Crippen LogP contribution in [0.1, 0.15) is 146 Å². The normalized spacial score (nSPS) is 11.3. The molecule has 234 valence electrons. The lowest BCUT2D eigenvalue weighted by molar-refractivity contribution is 0.104. The van der Waals surface area contributed by atoms with Crippen molar-refractivity contribution < 1.29 is 14.3 Å². The Morgan fingerprint density at radius 1 is 0.619 bits per heavy atom. The van der Waals surface area contributed by atoms with Gasteiger partial charge < -0.3 is 9.47 Å². The first-order valence-corrected chi connectivity index (χ1v) is 18.0. The van der Waals surface area contributed by atoms with Gasteiger partial charge in [-0.1, -0.05) is 116 Å². The Labute approximate surface area is 262 Å². The molecule has 0 aliphatic carbocycles. The van der Waals surface area contributed by atoms with E-state index >= 15 is 0 Å². The summed E-state index contributed by atoms with van der Waals surface area (Å²) < 4.78 is 11.5. The zero-order valence-electron chi connectivity index (χ0n) is 27.0. The Kier molecular flexibility index (Phi) is 20.8. The minimum Gasteiger partial charge on any atom is -0.493 e. The van der Waals surface area contributed by atoms with E-state index in [-0.39, 0.29) is 5.78 Å². The molecule has 2 rings (SSSR count). The zero-order chi connectivity index (χ0) is 30.1. The third-order valence-corrected chi connectivity index (χ3v) is 8.78. The van der Waals surface area contributed by atoms with Crippen LogP contribution >= 0.6 is 11.8 Å². The number of allylic oxidation sites excluding steroid dienone is 1. The third kappa shape index (κ3) is 15.9. The molecule has 0 amide bonds. The van der Waals surface area contributed by atoms with E-state index < -0.39 is 0 Å². The molecule has 2 aromatic rings. The van der Waals surface area contributed by atoms with E-state index in [1.54, 1.807) is 12.2 Å². The Balaban J connectivity index is 1.54. The molecule has 0 radical (unpaired) electrons. The molecule has 2 aromatic carbocycles. The molecule has 4 heteroatoms. The third-order valence-electron chi connectivity index (χ3n) is 7.68. The molecule has 0 unspecified atom stereocenters. The lowest BCUT2D eigenvalue weighted by Crippen LogP contribution is -1.99. The van der Waals surface area contributed by atoms with Crippen LogP contribution in [0.5, 0.6) is 11.5 Å². The molecule has 0 fully saturated rings. The minimum atomic E-state index is -0.0199. The molecule has 0 saturated carbocycles. The predicted molar refractivity (Wildman–Crippen MR) is 183 cm³/mol. The van der Waals surface area contributed by atoms with Gasteiger partial charge in [-0.15, -0.1) is 11.8 Å². The number of unbranched alkanes of at least 4 members (excludes halogenated alkanes) is 16. The van der Waals surface area contributed by atoms with Crippen LogP contribution in [0, 0.1) is 0 Å². The van der Waals surface area contributed by atoms with Crippen molar-refractivity contribution in [1.29, 1.82) is 0 Å². The highest BCUT2D eigenvalue weighted by atomic mass is 32.2. The Bertz CT molecular complexity index is 958. The Morgan fingerprint density at radius 3 is 1.52 bits per heavy atom. The van der Waals surface area contributed by atoms with Crippen LogP contribution < -0.4 is 9.47 Å². The maximum atomic E-state index is 12.8. The van der Waals surface area contributed by atoms with Crippen molar-refractivity contribution in [2.75, 3.05) is 19.0 Å². The summed E-state index contributed by atoms with van der Waals surface area (Å²) >= 11 is 1.89. The van der Waals surface area contributed by atoms with Crippen molar-refractivity contribution in [1.82, 2.24) is 0 Å². The van der Waals surface area contributed by atoms with Gasteiger partial charge in [0.05, 0.1) is 18.8 Å². The molecule has 0 saturated heterocycles. The lowest BCUT2D eigenvalue weighted by atomic mass is 10.0. The van der Waals surface area contributed by atoms with Crippen LogP contribution in [0.25, 0.3) is 6.08 Å². The van der Waals surface area contributed by atoms with Gasteiger partial charge in [-0.05, 0) is 74.6 Å². The fourth-order valence-electron chi connectivity index (χ4n) is 5.24. The van der Waals surface area contributed by atoms with Gasteiger partial charge in [0.1, 0.15) is 11.5 Å². The Morgan fingerprint density at radius 2 is 1.07 bits per heavy atom. The molecule has 0 spiro atoms. The summed E-state index contributed by atoms with van der Waals surface area (Å²) in [6, 6.07) is 13.7. The zero-order valence-corrected chi connectivity index (χ0v) is 27.8. The molecular weight excluding hydrogens is 536 g/mol. The molecule has 0 aliphatic rings. The molecule has 0 atom stereocenters. The quantitative estimate of drug-likeness (QED) is 0.0470. The van der Waals surface area contributed by atoms with Gasteiger partial charge in [0.15, 0.2) is 5.78 Å². The van der Waals surface area contributed by atoms with E-state index in [9.17, 15) is 4.79 Å². The molecule has 3 nitrogen and oxygen atoms in total. The number of hydrogen-bond donors (Lipinski definition) is 0. The first-order chi connectivity index (χ1) is 20.7. The summed E-state index contributed by atoms with van der Waals surface area (Å²) in [5.41, 5.74) is 1.50. The van der Waals surface area contributed by atoms with E-state index in [2.05, 4.69) is 19.1 Å². The summed E-state index contributed by atoms with van der Waals surface area (Å²) in [6.07, 6.45) is 27.3. The average Bonchev–Trinajstić information content (AvgIpc) is 3.00. The van der Waals surface area contributed by atoms with Gasteiger partial charge in [0.25, 0.3) is 0 Å². The van der Waals surface area contributed by atoms with Gasteiger partial charge in [-0.25, -0.2) is 0 Å².